The molecule has 0 saturated carbocycles. The van der Waals surface area contributed by atoms with Gasteiger partial charge in [0.15, 0.2) is 0 Å². The molecule has 1 atom stereocenters. The van der Waals surface area contributed by atoms with Crippen molar-refractivity contribution in [2.75, 3.05) is 33.4 Å². The summed E-state index contributed by atoms with van der Waals surface area (Å²) in [6, 6.07) is 0. The van der Waals surface area contributed by atoms with E-state index in [0.717, 1.165) is 31.8 Å². The SMILES string of the molecule is C=C(CNC)COC1CCOC1. The van der Waals surface area contributed by atoms with Gasteiger partial charge >= 0.3 is 0 Å². The largest absolute Gasteiger partial charge is 0.379 e. The highest BCUT2D eigenvalue weighted by atomic mass is 16.5. The molecule has 70 valence electrons. The summed E-state index contributed by atoms with van der Waals surface area (Å²) in [6.07, 6.45) is 1.31. The monoisotopic (exact) mass is 171 g/mol. The molecule has 0 aromatic carbocycles. The minimum absolute atomic E-state index is 0.290. The molecule has 1 heterocycles. The predicted octanol–water partition coefficient (Wildman–Crippen LogP) is 0.567. The molecule has 0 aromatic rings. The van der Waals surface area contributed by atoms with E-state index in [2.05, 4.69) is 11.9 Å². The van der Waals surface area contributed by atoms with Crippen LogP contribution in [-0.2, 0) is 9.47 Å². The van der Waals surface area contributed by atoms with Gasteiger partial charge in [0.25, 0.3) is 0 Å². The van der Waals surface area contributed by atoms with Crippen molar-refractivity contribution in [3.8, 4) is 0 Å². The average molecular weight is 171 g/mol. The Balaban J connectivity index is 2.03. The summed E-state index contributed by atoms with van der Waals surface area (Å²) < 4.78 is 10.7. The third kappa shape index (κ3) is 3.34. The summed E-state index contributed by atoms with van der Waals surface area (Å²) in [5.41, 5.74) is 1.09. The normalized spacial score (nSPS) is 22.9. The molecule has 1 fully saturated rings. The molecule has 12 heavy (non-hydrogen) atoms. The number of likely N-dealkylation sites (N-methyl/N-ethyl adjacent to an activating group) is 1. The fourth-order valence-electron chi connectivity index (χ4n) is 1.18. The van der Waals surface area contributed by atoms with Crippen LogP contribution < -0.4 is 5.32 Å². The van der Waals surface area contributed by atoms with Crippen LogP contribution in [-0.4, -0.2) is 39.5 Å². The molecular formula is C9H17NO2. The van der Waals surface area contributed by atoms with Crippen LogP contribution in [0.5, 0.6) is 0 Å². The lowest BCUT2D eigenvalue weighted by Crippen LogP contribution is -2.18. The molecule has 1 saturated heterocycles. The Hall–Kier alpha value is -0.380. The summed E-state index contributed by atoms with van der Waals surface area (Å²) in [4.78, 5) is 0. The number of hydrogen-bond donors (Lipinski definition) is 1. The van der Waals surface area contributed by atoms with E-state index >= 15 is 0 Å². The first-order valence-electron chi connectivity index (χ1n) is 4.33. The lowest BCUT2D eigenvalue weighted by Gasteiger charge is -2.10. The Bertz CT molecular complexity index is 141. The fourth-order valence-corrected chi connectivity index (χ4v) is 1.18. The lowest BCUT2D eigenvalue weighted by molar-refractivity contribution is 0.0560. The van der Waals surface area contributed by atoms with E-state index in [1.807, 2.05) is 7.05 Å². The zero-order valence-electron chi connectivity index (χ0n) is 7.64. The smallest absolute Gasteiger partial charge is 0.0834 e. The summed E-state index contributed by atoms with van der Waals surface area (Å²) in [5, 5.41) is 3.03. The first kappa shape index (κ1) is 9.71. The Morgan fingerprint density at radius 2 is 2.58 bits per heavy atom. The van der Waals surface area contributed by atoms with Gasteiger partial charge in [-0.05, 0) is 19.0 Å². The highest BCUT2D eigenvalue weighted by molar-refractivity contribution is 4.96. The van der Waals surface area contributed by atoms with Crippen molar-refractivity contribution in [1.29, 1.82) is 0 Å². The highest BCUT2D eigenvalue weighted by Crippen LogP contribution is 2.08. The summed E-state index contributed by atoms with van der Waals surface area (Å²) in [6.45, 7) is 6.93. The molecule has 1 aliphatic heterocycles. The van der Waals surface area contributed by atoms with Gasteiger partial charge in [0, 0.05) is 13.2 Å². The minimum atomic E-state index is 0.290. The first-order chi connectivity index (χ1) is 5.83. The van der Waals surface area contributed by atoms with Crippen LogP contribution in [0.1, 0.15) is 6.42 Å². The van der Waals surface area contributed by atoms with Crippen molar-refractivity contribution in [3.63, 3.8) is 0 Å². The van der Waals surface area contributed by atoms with Crippen molar-refractivity contribution in [2.45, 2.75) is 12.5 Å². The van der Waals surface area contributed by atoms with E-state index in [9.17, 15) is 0 Å². The Labute approximate surface area is 73.7 Å². The van der Waals surface area contributed by atoms with Gasteiger partial charge in [-0.2, -0.15) is 0 Å². The van der Waals surface area contributed by atoms with Crippen LogP contribution in [0.4, 0.5) is 0 Å². The molecule has 0 spiro atoms. The van der Waals surface area contributed by atoms with Gasteiger partial charge in [0.2, 0.25) is 0 Å². The zero-order valence-corrected chi connectivity index (χ0v) is 7.64. The molecule has 0 bridgehead atoms. The van der Waals surface area contributed by atoms with E-state index in [4.69, 9.17) is 9.47 Å². The van der Waals surface area contributed by atoms with Gasteiger partial charge in [-0.3, -0.25) is 0 Å². The summed E-state index contributed by atoms with van der Waals surface area (Å²) >= 11 is 0. The molecular weight excluding hydrogens is 154 g/mol. The van der Waals surface area contributed by atoms with E-state index in [-0.39, 0.29) is 0 Å². The van der Waals surface area contributed by atoms with Crippen LogP contribution in [0, 0.1) is 0 Å². The van der Waals surface area contributed by atoms with Crippen molar-refractivity contribution in [1.82, 2.24) is 5.32 Å². The molecule has 1 aliphatic rings. The van der Waals surface area contributed by atoms with E-state index in [0.29, 0.717) is 12.7 Å². The number of ether oxygens (including phenoxy) is 2. The van der Waals surface area contributed by atoms with Crippen molar-refractivity contribution < 1.29 is 9.47 Å². The Morgan fingerprint density at radius 3 is 3.17 bits per heavy atom. The highest BCUT2D eigenvalue weighted by Gasteiger charge is 2.15. The summed E-state index contributed by atoms with van der Waals surface area (Å²) in [5.74, 6) is 0. The third-order valence-electron chi connectivity index (χ3n) is 1.84. The molecule has 3 heteroatoms. The molecule has 0 aromatic heterocycles. The molecule has 0 radical (unpaired) electrons. The second-order valence-corrected chi connectivity index (χ2v) is 3.08. The molecule has 1 rings (SSSR count). The van der Waals surface area contributed by atoms with Gasteiger partial charge < -0.3 is 14.8 Å². The summed E-state index contributed by atoms with van der Waals surface area (Å²) in [7, 11) is 1.91. The number of rotatable bonds is 5. The molecule has 1 unspecified atom stereocenters. The maximum Gasteiger partial charge on any atom is 0.0834 e. The first-order valence-corrected chi connectivity index (χ1v) is 4.33. The van der Waals surface area contributed by atoms with Gasteiger partial charge in [-0.25, -0.2) is 0 Å². The van der Waals surface area contributed by atoms with Crippen LogP contribution in [0.2, 0.25) is 0 Å². The Kier molecular flexibility index (Phi) is 4.29. The maximum atomic E-state index is 5.55. The van der Waals surface area contributed by atoms with Crippen LogP contribution >= 0.6 is 0 Å². The van der Waals surface area contributed by atoms with E-state index < -0.39 is 0 Å². The fraction of sp³-hybridized carbons (Fsp3) is 0.778. The van der Waals surface area contributed by atoms with E-state index in [1.54, 1.807) is 0 Å². The van der Waals surface area contributed by atoms with Crippen molar-refractivity contribution in [3.05, 3.63) is 12.2 Å². The average Bonchev–Trinajstić information content (AvgIpc) is 2.53. The van der Waals surface area contributed by atoms with Crippen LogP contribution in [0.15, 0.2) is 12.2 Å². The maximum absolute atomic E-state index is 5.55. The molecule has 3 nitrogen and oxygen atoms in total. The minimum Gasteiger partial charge on any atom is -0.379 e. The van der Waals surface area contributed by atoms with Crippen molar-refractivity contribution in [2.24, 2.45) is 0 Å². The van der Waals surface area contributed by atoms with Crippen molar-refractivity contribution >= 4 is 0 Å². The zero-order chi connectivity index (χ0) is 8.81. The van der Waals surface area contributed by atoms with Gasteiger partial charge in [0.1, 0.15) is 0 Å². The topological polar surface area (TPSA) is 30.5 Å². The second-order valence-electron chi connectivity index (χ2n) is 3.08. The van der Waals surface area contributed by atoms with E-state index in [1.165, 1.54) is 0 Å². The lowest BCUT2D eigenvalue weighted by atomic mass is 10.3. The molecule has 0 amide bonds. The quantitative estimate of drug-likeness (QED) is 0.613. The Morgan fingerprint density at radius 1 is 1.75 bits per heavy atom. The molecule has 1 N–H and O–H groups in total. The van der Waals surface area contributed by atoms with Gasteiger partial charge in [-0.15, -0.1) is 0 Å². The third-order valence-corrected chi connectivity index (χ3v) is 1.84. The number of nitrogens with one attached hydrogen (secondary N) is 1. The predicted molar refractivity (Wildman–Crippen MR) is 48.2 cm³/mol. The van der Waals surface area contributed by atoms with Crippen LogP contribution in [0.3, 0.4) is 0 Å². The van der Waals surface area contributed by atoms with Gasteiger partial charge in [0.05, 0.1) is 19.3 Å². The van der Waals surface area contributed by atoms with Gasteiger partial charge in [-0.1, -0.05) is 6.58 Å². The second kappa shape index (κ2) is 5.30. The standard InChI is InChI=1S/C9H17NO2/c1-8(5-10-2)6-12-9-3-4-11-7-9/h9-10H,1,3-7H2,2H3. The van der Waals surface area contributed by atoms with Crippen LogP contribution in [0.25, 0.3) is 0 Å². The molecule has 0 aliphatic carbocycles. The number of hydrogen-bond acceptors (Lipinski definition) is 3.